The fourth-order valence-electron chi connectivity index (χ4n) is 5.03. The lowest BCUT2D eigenvalue weighted by molar-refractivity contribution is -0.133. The lowest BCUT2D eigenvalue weighted by atomic mass is 9.87. The second kappa shape index (κ2) is 8.65. The van der Waals surface area contributed by atoms with E-state index in [2.05, 4.69) is 21.4 Å². The van der Waals surface area contributed by atoms with Crippen LogP contribution in [0.1, 0.15) is 55.1 Å². The topological polar surface area (TPSA) is 78.1 Å². The normalized spacial score (nSPS) is 21.9. The van der Waals surface area contributed by atoms with Crippen LogP contribution in [0.3, 0.4) is 0 Å². The molecule has 1 atom stereocenters. The molecule has 0 bridgehead atoms. The van der Waals surface area contributed by atoms with Crippen molar-refractivity contribution >= 4 is 34.2 Å². The maximum Gasteiger partial charge on any atom is 0.222 e. The summed E-state index contributed by atoms with van der Waals surface area (Å²) in [6, 6.07) is 8.70. The van der Waals surface area contributed by atoms with Crippen molar-refractivity contribution < 1.29 is 14.0 Å². The summed E-state index contributed by atoms with van der Waals surface area (Å²) < 4.78 is 13.5. The Morgan fingerprint density at radius 2 is 2.12 bits per heavy atom. The highest BCUT2D eigenvalue weighted by atomic mass is 32.1. The van der Waals surface area contributed by atoms with Crippen LogP contribution in [0.2, 0.25) is 0 Å². The molecule has 0 unspecified atom stereocenters. The molecule has 2 N–H and O–H groups in total. The predicted molar refractivity (Wildman–Crippen MR) is 122 cm³/mol. The first-order chi connectivity index (χ1) is 15.5. The van der Waals surface area contributed by atoms with E-state index in [0.717, 1.165) is 37.0 Å². The number of amides is 2. The zero-order chi connectivity index (χ0) is 22.1. The van der Waals surface area contributed by atoms with Crippen molar-refractivity contribution in [3.8, 4) is 0 Å². The summed E-state index contributed by atoms with van der Waals surface area (Å²) in [5, 5.41) is 5.22. The van der Waals surface area contributed by atoms with Crippen LogP contribution in [-0.2, 0) is 16.0 Å². The molecule has 1 aromatic carbocycles. The second-order valence-corrected chi connectivity index (χ2v) is 10.1. The molecule has 6 nitrogen and oxygen atoms in total. The molecule has 168 valence electrons. The second-order valence-electron chi connectivity index (χ2n) is 9.02. The number of carbonyl (C=O) groups excluding carboxylic acids is 2. The molecule has 32 heavy (non-hydrogen) atoms. The largest absolute Gasteiger partial charge is 0.350 e. The molecule has 2 aromatic heterocycles. The molecule has 2 aliphatic rings. The fourth-order valence-corrected chi connectivity index (χ4v) is 5.88. The van der Waals surface area contributed by atoms with E-state index in [-0.39, 0.29) is 29.1 Å². The van der Waals surface area contributed by atoms with Gasteiger partial charge in [-0.1, -0.05) is 6.07 Å². The summed E-state index contributed by atoms with van der Waals surface area (Å²) in [5.74, 6) is 1.08. The SMILES string of the molecule is O=C1CC[C@@](CCC(=O)N2CCC(c3nc4ccc(F)cc4[nH]3)CC2)(Cc2cccs2)N1. The van der Waals surface area contributed by atoms with Crippen LogP contribution in [0.25, 0.3) is 11.0 Å². The van der Waals surface area contributed by atoms with Crippen molar-refractivity contribution in [3.63, 3.8) is 0 Å². The third-order valence-corrected chi connectivity index (χ3v) is 7.72. The molecule has 0 saturated carbocycles. The molecule has 8 heteroatoms. The number of aromatic amines is 1. The highest BCUT2D eigenvalue weighted by molar-refractivity contribution is 7.09. The van der Waals surface area contributed by atoms with Gasteiger partial charge in [-0.25, -0.2) is 9.37 Å². The lowest BCUT2D eigenvalue weighted by Gasteiger charge is -2.33. The number of rotatable bonds is 6. The molecule has 4 heterocycles. The van der Waals surface area contributed by atoms with E-state index >= 15 is 0 Å². The first kappa shape index (κ1) is 21.1. The van der Waals surface area contributed by atoms with Crippen LogP contribution in [-0.4, -0.2) is 45.3 Å². The van der Waals surface area contributed by atoms with Crippen LogP contribution in [0.4, 0.5) is 4.39 Å². The number of hydrogen-bond donors (Lipinski definition) is 2. The lowest BCUT2D eigenvalue weighted by Crippen LogP contribution is -2.45. The minimum atomic E-state index is -0.306. The molecule has 3 aromatic rings. The Morgan fingerprint density at radius 1 is 1.28 bits per heavy atom. The molecule has 2 amide bonds. The van der Waals surface area contributed by atoms with Gasteiger partial charge in [-0.15, -0.1) is 11.3 Å². The van der Waals surface area contributed by atoms with Gasteiger partial charge in [0.2, 0.25) is 11.8 Å². The van der Waals surface area contributed by atoms with Gasteiger partial charge in [0, 0.05) is 48.7 Å². The number of fused-ring (bicyclic) bond motifs is 1. The summed E-state index contributed by atoms with van der Waals surface area (Å²) in [6.07, 6.45) is 4.90. The number of nitrogens with one attached hydrogen (secondary N) is 2. The van der Waals surface area contributed by atoms with E-state index < -0.39 is 0 Å². The van der Waals surface area contributed by atoms with Crippen molar-refractivity contribution in [3.05, 3.63) is 52.2 Å². The summed E-state index contributed by atoms with van der Waals surface area (Å²) in [4.78, 5) is 36.0. The van der Waals surface area contributed by atoms with E-state index in [9.17, 15) is 14.0 Å². The van der Waals surface area contributed by atoms with Gasteiger partial charge in [0.05, 0.1) is 11.0 Å². The molecule has 2 saturated heterocycles. The smallest absolute Gasteiger partial charge is 0.222 e. The van der Waals surface area contributed by atoms with Crippen LogP contribution < -0.4 is 5.32 Å². The summed E-state index contributed by atoms with van der Waals surface area (Å²) in [5.41, 5.74) is 1.18. The highest BCUT2D eigenvalue weighted by Gasteiger charge is 2.38. The summed E-state index contributed by atoms with van der Waals surface area (Å²) >= 11 is 1.70. The van der Waals surface area contributed by atoms with Crippen LogP contribution >= 0.6 is 11.3 Å². The van der Waals surface area contributed by atoms with Gasteiger partial charge in [-0.2, -0.15) is 0 Å². The molecule has 0 spiro atoms. The van der Waals surface area contributed by atoms with E-state index in [1.807, 2.05) is 16.3 Å². The van der Waals surface area contributed by atoms with E-state index in [4.69, 9.17) is 0 Å². The Kier molecular flexibility index (Phi) is 5.71. The van der Waals surface area contributed by atoms with Gasteiger partial charge >= 0.3 is 0 Å². The first-order valence-electron chi connectivity index (χ1n) is 11.3. The number of imidazole rings is 1. The molecular formula is C24H27FN4O2S. The maximum absolute atomic E-state index is 13.5. The van der Waals surface area contributed by atoms with Crippen LogP contribution in [0.5, 0.6) is 0 Å². The summed E-state index contributed by atoms with van der Waals surface area (Å²) in [6.45, 7) is 1.39. The Labute approximate surface area is 190 Å². The molecule has 5 rings (SSSR count). The fraction of sp³-hybridized carbons (Fsp3) is 0.458. The Bertz CT molecular complexity index is 1120. The van der Waals surface area contributed by atoms with Gasteiger partial charge in [0.25, 0.3) is 0 Å². The third-order valence-electron chi connectivity index (χ3n) is 6.84. The van der Waals surface area contributed by atoms with Crippen molar-refractivity contribution in [2.45, 2.75) is 56.4 Å². The predicted octanol–water partition coefficient (Wildman–Crippen LogP) is 4.14. The number of carbonyl (C=O) groups is 2. The molecule has 0 radical (unpaired) electrons. The number of halogens is 1. The number of hydrogen-bond acceptors (Lipinski definition) is 4. The summed E-state index contributed by atoms with van der Waals surface area (Å²) in [7, 11) is 0. The zero-order valence-electron chi connectivity index (χ0n) is 17.9. The maximum atomic E-state index is 13.5. The quantitative estimate of drug-likeness (QED) is 0.588. The van der Waals surface area contributed by atoms with Crippen LogP contribution in [0.15, 0.2) is 35.7 Å². The molecule has 2 aliphatic heterocycles. The third kappa shape index (κ3) is 4.41. The minimum Gasteiger partial charge on any atom is -0.350 e. The Balaban J connectivity index is 1.17. The molecular weight excluding hydrogens is 427 g/mol. The van der Waals surface area contributed by atoms with Crippen molar-refractivity contribution in [1.82, 2.24) is 20.2 Å². The van der Waals surface area contributed by atoms with Gasteiger partial charge < -0.3 is 15.2 Å². The molecule has 2 fully saturated rings. The standard InChI is InChI=1S/C24H27FN4O2S/c25-17-3-4-19-20(14-17)27-23(26-19)16-7-11-29(12-8-16)22(31)6-10-24(9-5-21(30)28-24)15-18-2-1-13-32-18/h1-4,13-14,16H,5-12,15H2,(H,26,27)(H,28,30)/t24-/m1/s1. The number of thiophene rings is 1. The van der Waals surface area contributed by atoms with E-state index in [0.29, 0.717) is 37.9 Å². The number of H-pyrrole nitrogens is 1. The number of piperidine rings is 1. The molecule has 0 aliphatic carbocycles. The highest BCUT2D eigenvalue weighted by Crippen LogP contribution is 2.32. The van der Waals surface area contributed by atoms with E-state index in [1.165, 1.54) is 17.0 Å². The monoisotopic (exact) mass is 454 g/mol. The minimum absolute atomic E-state index is 0.0838. The van der Waals surface area contributed by atoms with Crippen LogP contribution in [0, 0.1) is 5.82 Å². The number of likely N-dealkylation sites (tertiary alicyclic amines) is 1. The van der Waals surface area contributed by atoms with Crippen molar-refractivity contribution in [2.75, 3.05) is 13.1 Å². The zero-order valence-corrected chi connectivity index (χ0v) is 18.7. The Morgan fingerprint density at radius 3 is 2.84 bits per heavy atom. The average Bonchev–Trinajstić information content (AvgIpc) is 3.53. The number of nitrogens with zero attached hydrogens (tertiary/aromatic N) is 2. The first-order valence-corrected chi connectivity index (χ1v) is 12.1. The van der Waals surface area contributed by atoms with E-state index in [1.54, 1.807) is 17.4 Å². The van der Waals surface area contributed by atoms with Gasteiger partial charge in [0.15, 0.2) is 0 Å². The average molecular weight is 455 g/mol. The van der Waals surface area contributed by atoms with Crippen molar-refractivity contribution in [2.24, 2.45) is 0 Å². The van der Waals surface area contributed by atoms with Gasteiger partial charge in [-0.3, -0.25) is 9.59 Å². The van der Waals surface area contributed by atoms with Crippen molar-refractivity contribution in [1.29, 1.82) is 0 Å². The number of aromatic nitrogens is 2. The van der Waals surface area contributed by atoms with Gasteiger partial charge in [0.1, 0.15) is 11.6 Å². The number of benzene rings is 1. The Hall–Kier alpha value is -2.74. The van der Waals surface area contributed by atoms with Gasteiger partial charge in [-0.05, 0) is 55.3 Å².